The van der Waals surface area contributed by atoms with Gasteiger partial charge in [-0.1, -0.05) is 0 Å². The maximum atomic E-state index is 12.9. The molecule has 1 unspecified atom stereocenters. The molecule has 2 N–H and O–H groups in total. The number of carbonyl (C=O) groups is 1. The molecule has 0 aliphatic carbocycles. The van der Waals surface area contributed by atoms with E-state index in [2.05, 4.69) is 10.6 Å². The first-order valence-electron chi connectivity index (χ1n) is 4.90. The number of benzene rings is 1. The van der Waals surface area contributed by atoms with E-state index in [1.807, 2.05) is 0 Å². The fourth-order valence-electron chi connectivity index (χ4n) is 1.30. The van der Waals surface area contributed by atoms with Crippen LogP contribution in [0.1, 0.15) is 6.92 Å². The Balaban J connectivity index is 2.84. The molecule has 0 saturated carbocycles. The summed E-state index contributed by atoms with van der Waals surface area (Å²) in [4.78, 5) is 11.3. The molecule has 0 radical (unpaired) electrons. The van der Waals surface area contributed by atoms with Crippen LogP contribution in [0.25, 0.3) is 0 Å². The molecule has 0 aliphatic rings. The van der Waals surface area contributed by atoms with Crippen LogP contribution in [-0.4, -0.2) is 26.1 Å². The molecule has 0 saturated heterocycles. The van der Waals surface area contributed by atoms with Crippen LogP contribution in [0.15, 0.2) is 18.2 Å². The fraction of sp³-hybridized carbons (Fsp3) is 0.364. The van der Waals surface area contributed by atoms with Gasteiger partial charge in [-0.15, -0.1) is 0 Å². The largest absolute Gasteiger partial charge is 0.494 e. The summed E-state index contributed by atoms with van der Waals surface area (Å²) in [5.74, 6) is -0.155. The smallest absolute Gasteiger partial charge is 0.241 e. The highest BCUT2D eigenvalue weighted by molar-refractivity contribution is 5.84. The third-order valence-corrected chi connectivity index (χ3v) is 2.18. The van der Waals surface area contributed by atoms with Gasteiger partial charge in [0, 0.05) is 13.1 Å². The van der Waals surface area contributed by atoms with Crippen molar-refractivity contribution < 1.29 is 13.9 Å². The number of hydrogen-bond donors (Lipinski definition) is 2. The van der Waals surface area contributed by atoms with Gasteiger partial charge in [0.15, 0.2) is 0 Å². The molecular formula is C11H15FN2O2. The normalized spacial score (nSPS) is 11.8. The molecular weight excluding hydrogens is 211 g/mol. The molecule has 5 heteroatoms. The lowest BCUT2D eigenvalue weighted by atomic mass is 10.2. The van der Waals surface area contributed by atoms with E-state index in [9.17, 15) is 9.18 Å². The molecule has 88 valence electrons. The highest BCUT2D eigenvalue weighted by Gasteiger charge is 2.13. The number of hydrogen-bond acceptors (Lipinski definition) is 3. The van der Waals surface area contributed by atoms with Crippen molar-refractivity contribution >= 4 is 11.6 Å². The Labute approximate surface area is 93.8 Å². The Bertz CT molecular complexity index is 382. The van der Waals surface area contributed by atoms with E-state index >= 15 is 0 Å². The Morgan fingerprint density at radius 3 is 2.75 bits per heavy atom. The van der Waals surface area contributed by atoms with Crippen LogP contribution >= 0.6 is 0 Å². The maximum absolute atomic E-state index is 12.9. The zero-order valence-electron chi connectivity index (χ0n) is 9.50. The highest BCUT2D eigenvalue weighted by atomic mass is 19.1. The molecule has 1 rings (SSSR count). The lowest BCUT2D eigenvalue weighted by molar-refractivity contribution is -0.121. The maximum Gasteiger partial charge on any atom is 0.241 e. The zero-order valence-corrected chi connectivity index (χ0v) is 9.50. The Morgan fingerprint density at radius 1 is 1.50 bits per heavy atom. The third kappa shape index (κ3) is 2.85. The summed E-state index contributed by atoms with van der Waals surface area (Å²) in [6.45, 7) is 1.71. The molecule has 0 aliphatic heterocycles. The van der Waals surface area contributed by atoms with Gasteiger partial charge >= 0.3 is 0 Å². The van der Waals surface area contributed by atoms with E-state index in [1.165, 1.54) is 25.3 Å². The number of nitrogens with one attached hydrogen (secondary N) is 2. The number of carbonyl (C=O) groups excluding carboxylic acids is 1. The van der Waals surface area contributed by atoms with Crippen LogP contribution in [0.5, 0.6) is 5.75 Å². The number of rotatable bonds is 4. The number of amides is 1. The monoisotopic (exact) mass is 226 g/mol. The summed E-state index contributed by atoms with van der Waals surface area (Å²) in [5, 5.41) is 5.45. The lowest BCUT2D eigenvalue weighted by Gasteiger charge is -2.16. The van der Waals surface area contributed by atoms with Gasteiger partial charge in [0.1, 0.15) is 17.6 Å². The van der Waals surface area contributed by atoms with Crippen molar-refractivity contribution in [3.8, 4) is 5.75 Å². The molecule has 0 fully saturated rings. The quantitative estimate of drug-likeness (QED) is 0.815. The second-order valence-electron chi connectivity index (χ2n) is 3.32. The first-order valence-corrected chi connectivity index (χ1v) is 4.90. The van der Waals surface area contributed by atoms with Gasteiger partial charge in [0.2, 0.25) is 5.91 Å². The van der Waals surface area contributed by atoms with Crippen molar-refractivity contribution in [1.82, 2.24) is 5.32 Å². The van der Waals surface area contributed by atoms with E-state index in [-0.39, 0.29) is 11.7 Å². The minimum atomic E-state index is -0.413. The molecule has 1 amide bonds. The number of anilines is 1. The Morgan fingerprint density at radius 2 is 2.19 bits per heavy atom. The second kappa shape index (κ2) is 5.34. The van der Waals surface area contributed by atoms with Crippen molar-refractivity contribution in [2.24, 2.45) is 0 Å². The van der Waals surface area contributed by atoms with Gasteiger partial charge in [-0.3, -0.25) is 4.79 Å². The number of ether oxygens (including phenoxy) is 1. The first-order chi connectivity index (χ1) is 7.58. The SMILES string of the molecule is CNC(=O)C(C)Nc1ccc(F)cc1OC. The minimum Gasteiger partial charge on any atom is -0.494 e. The van der Waals surface area contributed by atoms with E-state index in [4.69, 9.17) is 4.74 Å². The average Bonchev–Trinajstić information content (AvgIpc) is 2.30. The molecule has 0 heterocycles. The van der Waals surface area contributed by atoms with Crippen molar-refractivity contribution in [3.05, 3.63) is 24.0 Å². The highest BCUT2D eigenvalue weighted by Crippen LogP contribution is 2.25. The molecule has 0 spiro atoms. The van der Waals surface area contributed by atoms with Crippen molar-refractivity contribution in [2.45, 2.75) is 13.0 Å². The second-order valence-corrected chi connectivity index (χ2v) is 3.32. The van der Waals surface area contributed by atoms with Gasteiger partial charge in [-0.2, -0.15) is 0 Å². The minimum absolute atomic E-state index is 0.147. The molecule has 4 nitrogen and oxygen atoms in total. The number of likely N-dealkylation sites (N-methyl/N-ethyl adjacent to an activating group) is 1. The van der Waals surface area contributed by atoms with Crippen LogP contribution in [0.4, 0.5) is 10.1 Å². The van der Waals surface area contributed by atoms with Crippen molar-refractivity contribution in [1.29, 1.82) is 0 Å². The van der Waals surface area contributed by atoms with Gasteiger partial charge in [-0.25, -0.2) is 4.39 Å². The molecule has 1 aromatic carbocycles. The Hall–Kier alpha value is -1.78. The van der Waals surface area contributed by atoms with Gasteiger partial charge < -0.3 is 15.4 Å². The fourth-order valence-corrected chi connectivity index (χ4v) is 1.30. The van der Waals surface area contributed by atoms with Gasteiger partial charge in [-0.05, 0) is 19.1 Å². The standard InChI is InChI=1S/C11H15FN2O2/c1-7(11(15)13-2)14-9-5-4-8(12)6-10(9)16-3/h4-7,14H,1-3H3,(H,13,15). The molecule has 0 aromatic heterocycles. The van der Waals surface area contributed by atoms with Crippen LogP contribution in [0.3, 0.4) is 0 Å². The summed E-state index contributed by atoms with van der Waals surface area (Å²) in [7, 11) is 3.01. The van der Waals surface area contributed by atoms with Crippen LogP contribution < -0.4 is 15.4 Å². The topological polar surface area (TPSA) is 50.4 Å². The summed E-state index contributed by atoms with van der Waals surface area (Å²) < 4.78 is 17.9. The molecule has 16 heavy (non-hydrogen) atoms. The Kier molecular flexibility index (Phi) is 4.10. The van der Waals surface area contributed by atoms with E-state index in [0.717, 1.165) is 0 Å². The molecule has 1 aromatic rings. The van der Waals surface area contributed by atoms with E-state index in [1.54, 1.807) is 14.0 Å². The zero-order chi connectivity index (χ0) is 12.1. The first kappa shape index (κ1) is 12.3. The summed E-state index contributed by atoms with van der Waals surface area (Å²) in [5.41, 5.74) is 0.583. The van der Waals surface area contributed by atoms with Crippen LogP contribution in [0, 0.1) is 5.82 Å². The summed E-state index contributed by atoms with van der Waals surface area (Å²) in [6.07, 6.45) is 0. The lowest BCUT2D eigenvalue weighted by Crippen LogP contribution is -2.35. The summed E-state index contributed by atoms with van der Waals surface area (Å²) in [6, 6.07) is 3.69. The number of methoxy groups -OCH3 is 1. The molecule has 1 atom stereocenters. The van der Waals surface area contributed by atoms with E-state index < -0.39 is 6.04 Å². The van der Waals surface area contributed by atoms with Gasteiger partial charge in [0.05, 0.1) is 12.8 Å². The van der Waals surface area contributed by atoms with Crippen LogP contribution in [-0.2, 0) is 4.79 Å². The third-order valence-electron chi connectivity index (χ3n) is 2.18. The van der Waals surface area contributed by atoms with Crippen LogP contribution in [0.2, 0.25) is 0 Å². The predicted octanol–water partition coefficient (Wildman–Crippen LogP) is 1.38. The summed E-state index contributed by atoms with van der Waals surface area (Å²) >= 11 is 0. The van der Waals surface area contributed by atoms with Crippen molar-refractivity contribution in [3.63, 3.8) is 0 Å². The molecule has 0 bridgehead atoms. The average molecular weight is 226 g/mol. The van der Waals surface area contributed by atoms with E-state index in [0.29, 0.717) is 11.4 Å². The van der Waals surface area contributed by atoms with Crippen molar-refractivity contribution in [2.75, 3.05) is 19.5 Å². The van der Waals surface area contributed by atoms with Gasteiger partial charge in [0.25, 0.3) is 0 Å². The number of halogens is 1. The predicted molar refractivity (Wildman–Crippen MR) is 60.1 cm³/mol.